The van der Waals surface area contributed by atoms with Gasteiger partial charge in [-0.2, -0.15) is 0 Å². The van der Waals surface area contributed by atoms with E-state index < -0.39 is 30.5 Å². The van der Waals surface area contributed by atoms with Gasteiger partial charge in [-0.05, 0) is 49.4 Å². The minimum Gasteiger partial charge on any atom is -0.489 e. The van der Waals surface area contributed by atoms with Crippen molar-refractivity contribution in [3.8, 4) is 16.9 Å². The minimum absolute atomic E-state index is 0.0267. The van der Waals surface area contributed by atoms with E-state index >= 15 is 0 Å². The fourth-order valence-electron chi connectivity index (χ4n) is 5.71. The lowest BCUT2D eigenvalue weighted by atomic mass is 9.90. The van der Waals surface area contributed by atoms with Crippen LogP contribution < -0.4 is 4.74 Å². The van der Waals surface area contributed by atoms with E-state index in [1.165, 1.54) is 36.3 Å². The molecule has 2 aliphatic heterocycles. The molecule has 1 aromatic heterocycles. The maximum Gasteiger partial charge on any atom is 0.290 e. The van der Waals surface area contributed by atoms with Crippen LogP contribution in [0.4, 0.5) is 13.2 Å². The van der Waals surface area contributed by atoms with Gasteiger partial charge in [-0.3, -0.25) is 4.79 Å². The molecule has 2 aromatic carbocycles. The Balaban J connectivity index is 1.30. The molecule has 1 saturated carbocycles. The monoisotopic (exact) mass is 546 g/mol. The third kappa shape index (κ3) is 5.00. The minimum atomic E-state index is -2.78. The number of halogens is 4. The van der Waals surface area contributed by atoms with Crippen molar-refractivity contribution in [3.63, 3.8) is 0 Å². The van der Waals surface area contributed by atoms with Crippen molar-refractivity contribution in [2.45, 2.75) is 63.0 Å². The summed E-state index contributed by atoms with van der Waals surface area (Å²) in [5.74, 6) is -3.16. The second-order valence-corrected chi connectivity index (χ2v) is 11.1. The molecule has 9 heteroatoms. The van der Waals surface area contributed by atoms with Crippen molar-refractivity contribution in [1.82, 2.24) is 9.80 Å². The summed E-state index contributed by atoms with van der Waals surface area (Å²) in [6, 6.07) is 9.86. The largest absolute Gasteiger partial charge is 0.489 e. The fourth-order valence-corrected chi connectivity index (χ4v) is 5.92. The van der Waals surface area contributed by atoms with Gasteiger partial charge in [0.2, 0.25) is 5.76 Å². The van der Waals surface area contributed by atoms with Gasteiger partial charge in [0.25, 0.3) is 11.8 Å². The number of alkyl halides is 2. The molecule has 3 fully saturated rings. The van der Waals surface area contributed by atoms with Crippen LogP contribution in [-0.4, -0.2) is 60.0 Å². The van der Waals surface area contributed by atoms with Crippen LogP contribution >= 0.6 is 11.6 Å². The Bertz CT molecular complexity index is 1320. The first-order chi connectivity index (χ1) is 18.3. The number of fused-ring (bicyclic) bond motifs is 1. The first kappa shape index (κ1) is 25.6. The van der Waals surface area contributed by atoms with Crippen LogP contribution in [0, 0.1) is 5.82 Å². The average molecular weight is 547 g/mol. The zero-order valence-corrected chi connectivity index (χ0v) is 21.8. The number of furan rings is 1. The van der Waals surface area contributed by atoms with Gasteiger partial charge in [-0.15, -0.1) is 0 Å². The Morgan fingerprint density at radius 2 is 1.68 bits per heavy atom. The van der Waals surface area contributed by atoms with Gasteiger partial charge < -0.3 is 19.0 Å². The van der Waals surface area contributed by atoms with E-state index in [0.29, 0.717) is 38.9 Å². The second-order valence-electron chi connectivity index (χ2n) is 10.7. The van der Waals surface area contributed by atoms with Crippen LogP contribution in [0.1, 0.15) is 55.5 Å². The number of hydrogen-bond acceptors (Lipinski definition) is 4. The zero-order chi connectivity index (χ0) is 26.4. The lowest BCUT2D eigenvalue weighted by Gasteiger charge is -2.41. The van der Waals surface area contributed by atoms with Gasteiger partial charge in [-0.25, -0.2) is 13.2 Å². The number of rotatable bonds is 5. The number of ether oxygens (including phenoxy) is 1. The van der Waals surface area contributed by atoms with Crippen molar-refractivity contribution in [3.05, 3.63) is 53.0 Å². The quantitative estimate of drug-likeness (QED) is 0.341. The van der Waals surface area contributed by atoms with Gasteiger partial charge in [0.15, 0.2) is 0 Å². The van der Waals surface area contributed by atoms with E-state index in [1.807, 2.05) is 0 Å². The summed E-state index contributed by atoms with van der Waals surface area (Å²) < 4.78 is 53.5. The van der Waals surface area contributed by atoms with E-state index in [-0.39, 0.29) is 25.0 Å². The molecule has 6 rings (SSSR count). The van der Waals surface area contributed by atoms with E-state index in [4.69, 9.17) is 20.8 Å². The average Bonchev–Trinajstić information content (AvgIpc) is 3.22. The summed E-state index contributed by atoms with van der Waals surface area (Å²) in [7, 11) is 0. The topological polar surface area (TPSA) is 45.9 Å². The van der Waals surface area contributed by atoms with Gasteiger partial charge in [0.05, 0.1) is 5.02 Å². The molecule has 0 spiro atoms. The summed E-state index contributed by atoms with van der Waals surface area (Å²) >= 11 is 6.67. The number of likely N-dealkylation sites (tertiary alicyclic amines) is 2. The predicted molar refractivity (Wildman–Crippen MR) is 140 cm³/mol. The maximum absolute atomic E-state index is 13.7. The van der Waals surface area contributed by atoms with Crippen molar-refractivity contribution >= 4 is 28.5 Å². The highest BCUT2D eigenvalue weighted by atomic mass is 35.5. The summed E-state index contributed by atoms with van der Waals surface area (Å²) in [4.78, 5) is 17.4. The highest BCUT2D eigenvalue weighted by molar-refractivity contribution is 6.33. The molecular weight excluding hydrogens is 517 g/mol. The molecule has 5 nitrogen and oxygen atoms in total. The molecule has 0 unspecified atom stereocenters. The number of benzene rings is 2. The zero-order valence-electron chi connectivity index (χ0n) is 21.0. The number of nitrogens with zero attached hydrogens (tertiary/aromatic N) is 2. The van der Waals surface area contributed by atoms with E-state index in [1.54, 1.807) is 24.3 Å². The molecule has 1 amide bonds. The molecule has 38 heavy (non-hydrogen) atoms. The summed E-state index contributed by atoms with van der Waals surface area (Å²) in [5.41, 5.74) is 1.44. The predicted octanol–water partition coefficient (Wildman–Crippen LogP) is 7.16. The third-order valence-corrected chi connectivity index (χ3v) is 8.51. The smallest absolute Gasteiger partial charge is 0.290 e. The molecule has 0 atom stereocenters. The standard InChI is InChI=1S/C29H30ClF3N2O3/c30-23-16-22-24(17-25(23)37-21-8-12-34(13-9-21)20-2-1-3-20)38-27(26(22)18-4-6-19(31)7-5-18)28(36)35-14-10-29(32,33)11-15-35/h4-7,16-17,20-21H,1-3,8-15H2. The summed E-state index contributed by atoms with van der Waals surface area (Å²) in [5, 5.41) is 0.971. The lowest BCUT2D eigenvalue weighted by Crippen LogP contribution is -2.46. The number of carbonyl (C=O) groups excluding carboxylic acids is 1. The molecule has 3 aliphatic rings. The second kappa shape index (κ2) is 10.1. The van der Waals surface area contributed by atoms with Crippen LogP contribution in [0.5, 0.6) is 5.75 Å². The van der Waals surface area contributed by atoms with Gasteiger partial charge in [-0.1, -0.05) is 30.2 Å². The molecule has 202 valence electrons. The van der Waals surface area contributed by atoms with Crippen LogP contribution in [0.25, 0.3) is 22.1 Å². The van der Waals surface area contributed by atoms with Gasteiger partial charge in [0.1, 0.15) is 23.3 Å². The number of piperidine rings is 2. The highest BCUT2D eigenvalue weighted by Gasteiger charge is 2.38. The first-order valence-electron chi connectivity index (χ1n) is 13.4. The van der Waals surface area contributed by atoms with Crippen LogP contribution in [0.2, 0.25) is 5.02 Å². The summed E-state index contributed by atoms with van der Waals surface area (Å²) in [6.45, 7) is 1.86. The highest BCUT2D eigenvalue weighted by Crippen LogP contribution is 2.42. The SMILES string of the molecule is O=C(c1oc2cc(OC3CCN(C4CCC4)CC3)c(Cl)cc2c1-c1ccc(F)cc1)N1CCC(F)(F)CC1. The van der Waals surface area contributed by atoms with Crippen LogP contribution in [-0.2, 0) is 0 Å². The Labute approximate surface area is 224 Å². The molecule has 3 heterocycles. The third-order valence-electron chi connectivity index (χ3n) is 8.21. The van der Waals surface area contributed by atoms with Crippen LogP contribution in [0.15, 0.2) is 40.8 Å². The van der Waals surface area contributed by atoms with Crippen molar-refractivity contribution < 1.29 is 27.1 Å². The van der Waals surface area contributed by atoms with Crippen molar-refractivity contribution in [2.75, 3.05) is 26.2 Å². The maximum atomic E-state index is 13.7. The molecule has 0 N–H and O–H groups in total. The molecule has 2 saturated heterocycles. The molecule has 0 bridgehead atoms. The molecule has 0 radical (unpaired) electrons. The molecular formula is C29H30ClF3N2O3. The van der Waals surface area contributed by atoms with Gasteiger partial charge >= 0.3 is 0 Å². The van der Waals surface area contributed by atoms with E-state index in [2.05, 4.69) is 4.90 Å². The Kier molecular flexibility index (Phi) is 6.80. The Hall–Kier alpha value is -2.71. The summed E-state index contributed by atoms with van der Waals surface area (Å²) in [6.07, 6.45) is 4.94. The van der Waals surface area contributed by atoms with E-state index in [9.17, 15) is 18.0 Å². The Morgan fingerprint density at radius 1 is 1.00 bits per heavy atom. The number of hydrogen-bond donors (Lipinski definition) is 0. The molecule has 3 aromatic rings. The van der Waals surface area contributed by atoms with Crippen molar-refractivity contribution in [1.29, 1.82) is 0 Å². The fraction of sp³-hybridized carbons (Fsp3) is 0.483. The van der Waals surface area contributed by atoms with Crippen molar-refractivity contribution in [2.24, 2.45) is 0 Å². The normalized spacial score (nSPS) is 21.0. The van der Waals surface area contributed by atoms with Crippen LogP contribution in [0.3, 0.4) is 0 Å². The Morgan fingerprint density at radius 3 is 2.32 bits per heavy atom. The van der Waals surface area contributed by atoms with E-state index in [0.717, 1.165) is 25.9 Å². The first-order valence-corrected chi connectivity index (χ1v) is 13.7. The number of carbonyl (C=O) groups is 1. The van der Waals surface area contributed by atoms with Gasteiger partial charge in [0, 0.05) is 62.1 Å². The lowest BCUT2D eigenvalue weighted by molar-refractivity contribution is -0.0498. The number of amides is 1. The molecule has 1 aliphatic carbocycles.